The van der Waals surface area contributed by atoms with Gasteiger partial charge >= 0.3 is 0 Å². The van der Waals surface area contributed by atoms with Crippen LogP contribution >= 0.6 is 11.6 Å². The average Bonchev–Trinajstić information content (AvgIpc) is 2.65. The molecule has 136 valence electrons. The van der Waals surface area contributed by atoms with Gasteiger partial charge in [-0.05, 0) is 62.1 Å². The molecule has 1 heterocycles. The van der Waals surface area contributed by atoms with Gasteiger partial charge in [-0.25, -0.2) is 0 Å². The number of amides is 2. The lowest BCUT2D eigenvalue weighted by Crippen LogP contribution is -2.43. The van der Waals surface area contributed by atoms with E-state index in [1.807, 2.05) is 32.0 Å². The molecule has 2 aromatic carbocycles. The van der Waals surface area contributed by atoms with Crippen LogP contribution in [0.15, 0.2) is 42.5 Å². The van der Waals surface area contributed by atoms with Gasteiger partial charge in [0, 0.05) is 29.4 Å². The second-order valence-electron chi connectivity index (χ2n) is 6.84. The van der Waals surface area contributed by atoms with Gasteiger partial charge in [0.2, 0.25) is 5.91 Å². The summed E-state index contributed by atoms with van der Waals surface area (Å²) in [6, 6.07) is 12.8. The third-order valence-electron chi connectivity index (χ3n) is 5.01. The van der Waals surface area contributed by atoms with Crippen molar-refractivity contribution >= 4 is 29.1 Å². The summed E-state index contributed by atoms with van der Waals surface area (Å²) in [6.07, 6.45) is 1.60. The van der Waals surface area contributed by atoms with E-state index in [0.717, 1.165) is 29.7 Å². The van der Waals surface area contributed by atoms with E-state index in [1.165, 1.54) is 0 Å². The number of hydrogen-bond acceptors (Lipinski definition) is 2. The molecule has 0 saturated carbocycles. The highest BCUT2D eigenvalue weighted by Crippen LogP contribution is 2.23. The molecule has 0 bridgehead atoms. The average molecular weight is 371 g/mol. The Kier molecular flexibility index (Phi) is 5.62. The smallest absolute Gasteiger partial charge is 0.253 e. The molecule has 0 spiro atoms. The van der Waals surface area contributed by atoms with E-state index < -0.39 is 0 Å². The quantitative estimate of drug-likeness (QED) is 0.867. The molecule has 1 atom stereocenters. The van der Waals surface area contributed by atoms with Crippen molar-refractivity contribution in [3.63, 3.8) is 0 Å². The number of carbonyl (C=O) groups is 2. The summed E-state index contributed by atoms with van der Waals surface area (Å²) in [5.41, 5.74) is 3.62. The van der Waals surface area contributed by atoms with E-state index in [2.05, 4.69) is 5.32 Å². The van der Waals surface area contributed by atoms with Crippen LogP contribution in [0.4, 0.5) is 5.69 Å². The molecule has 0 aliphatic carbocycles. The van der Waals surface area contributed by atoms with Gasteiger partial charge in [-0.1, -0.05) is 29.8 Å². The van der Waals surface area contributed by atoms with Gasteiger partial charge in [-0.15, -0.1) is 0 Å². The van der Waals surface area contributed by atoms with E-state index in [-0.39, 0.29) is 17.7 Å². The summed E-state index contributed by atoms with van der Waals surface area (Å²) in [7, 11) is 0. The second-order valence-corrected chi connectivity index (χ2v) is 7.27. The molecule has 5 heteroatoms. The molecule has 0 aromatic heterocycles. The molecule has 1 aliphatic heterocycles. The topological polar surface area (TPSA) is 49.4 Å². The van der Waals surface area contributed by atoms with Crippen molar-refractivity contribution in [3.8, 4) is 0 Å². The van der Waals surface area contributed by atoms with E-state index >= 15 is 0 Å². The molecule has 2 aromatic rings. The maximum atomic E-state index is 12.7. The number of nitrogens with one attached hydrogen (secondary N) is 1. The first-order chi connectivity index (χ1) is 12.5. The van der Waals surface area contributed by atoms with Crippen LogP contribution < -0.4 is 5.32 Å². The van der Waals surface area contributed by atoms with Crippen molar-refractivity contribution in [1.82, 2.24) is 4.90 Å². The Morgan fingerprint density at radius 1 is 1.15 bits per heavy atom. The first-order valence-corrected chi connectivity index (χ1v) is 9.25. The molecule has 1 fully saturated rings. The fourth-order valence-corrected chi connectivity index (χ4v) is 3.49. The highest BCUT2D eigenvalue weighted by Gasteiger charge is 2.29. The lowest BCUT2D eigenvalue weighted by Gasteiger charge is -2.32. The third kappa shape index (κ3) is 4.07. The summed E-state index contributed by atoms with van der Waals surface area (Å²) in [4.78, 5) is 27.2. The molecule has 1 N–H and O–H groups in total. The minimum Gasteiger partial charge on any atom is -0.338 e. The molecule has 1 aliphatic rings. The number of benzene rings is 2. The van der Waals surface area contributed by atoms with E-state index in [1.54, 1.807) is 29.2 Å². The molecular weight excluding hydrogens is 348 g/mol. The maximum absolute atomic E-state index is 12.7. The lowest BCUT2D eigenvalue weighted by molar-refractivity contribution is -0.121. The Bertz CT molecular complexity index is 835. The van der Waals surface area contributed by atoms with Gasteiger partial charge in [-0.2, -0.15) is 0 Å². The molecular formula is C21H23ClN2O2. The Morgan fingerprint density at radius 2 is 1.92 bits per heavy atom. The van der Waals surface area contributed by atoms with Crippen molar-refractivity contribution < 1.29 is 9.59 Å². The van der Waals surface area contributed by atoms with Crippen molar-refractivity contribution in [1.29, 1.82) is 0 Å². The van der Waals surface area contributed by atoms with Gasteiger partial charge in [0.15, 0.2) is 0 Å². The monoisotopic (exact) mass is 370 g/mol. The number of rotatable bonds is 3. The van der Waals surface area contributed by atoms with E-state index in [9.17, 15) is 9.59 Å². The number of carbonyl (C=O) groups excluding carboxylic acids is 2. The number of anilines is 1. The zero-order chi connectivity index (χ0) is 18.7. The lowest BCUT2D eigenvalue weighted by atomic mass is 9.96. The number of hydrogen-bond donors (Lipinski definition) is 1. The first-order valence-electron chi connectivity index (χ1n) is 8.87. The SMILES string of the molecule is Cc1cccc(NC(=O)[C@H]2CCCN(C(=O)c3cccc(Cl)c3)C2)c1C. The summed E-state index contributed by atoms with van der Waals surface area (Å²) in [5, 5.41) is 3.57. The molecule has 0 radical (unpaired) electrons. The summed E-state index contributed by atoms with van der Waals surface area (Å²) in [6.45, 7) is 5.12. The molecule has 4 nitrogen and oxygen atoms in total. The molecule has 1 saturated heterocycles. The van der Waals surface area contributed by atoms with Crippen LogP contribution in [0.25, 0.3) is 0 Å². The van der Waals surface area contributed by atoms with Gasteiger partial charge in [0.25, 0.3) is 5.91 Å². The van der Waals surface area contributed by atoms with Gasteiger partial charge in [-0.3, -0.25) is 9.59 Å². The fraction of sp³-hybridized carbons (Fsp3) is 0.333. The standard InChI is InChI=1S/C21H23ClN2O2/c1-14-6-3-10-19(15(14)2)23-20(25)17-8-5-11-24(13-17)21(26)16-7-4-9-18(22)12-16/h3-4,6-7,9-10,12,17H,5,8,11,13H2,1-2H3,(H,23,25)/t17-/m0/s1. The summed E-state index contributed by atoms with van der Waals surface area (Å²) < 4.78 is 0. The Morgan fingerprint density at radius 3 is 2.69 bits per heavy atom. The Balaban J connectivity index is 1.69. The van der Waals surface area contributed by atoms with Crippen LogP contribution in [0, 0.1) is 19.8 Å². The first kappa shape index (κ1) is 18.5. The van der Waals surface area contributed by atoms with Crippen molar-refractivity contribution in [3.05, 3.63) is 64.2 Å². The number of aryl methyl sites for hydroxylation is 1. The molecule has 2 amide bonds. The van der Waals surface area contributed by atoms with Gasteiger partial charge in [0.1, 0.15) is 0 Å². The Hall–Kier alpha value is -2.33. The van der Waals surface area contributed by atoms with Gasteiger partial charge < -0.3 is 10.2 Å². The molecule has 26 heavy (non-hydrogen) atoms. The van der Waals surface area contributed by atoms with Crippen LogP contribution in [0.5, 0.6) is 0 Å². The van der Waals surface area contributed by atoms with Gasteiger partial charge in [0.05, 0.1) is 5.92 Å². The number of likely N-dealkylation sites (tertiary alicyclic amines) is 1. The Labute approximate surface area is 159 Å². The predicted molar refractivity (Wildman–Crippen MR) is 105 cm³/mol. The fourth-order valence-electron chi connectivity index (χ4n) is 3.30. The largest absolute Gasteiger partial charge is 0.338 e. The predicted octanol–water partition coefficient (Wildman–Crippen LogP) is 4.45. The summed E-state index contributed by atoms with van der Waals surface area (Å²) >= 11 is 5.99. The molecule has 3 rings (SSSR count). The van der Waals surface area contributed by atoms with E-state index in [0.29, 0.717) is 23.7 Å². The highest BCUT2D eigenvalue weighted by molar-refractivity contribution is 6.30. The minimum atomic E-state index is -0.202. The number of piperidine rings is 1. The zero-order valence-corrected chi connectivity index (χ0v) is 15.8. The normalized spacial score (nSPS) is 17.0. The molecule has 0 unspecified atom stereocenters. The van der Waals surface area contributed by atoms with Crippen LogP contribution in [0.2, 0.25) is 5.02 Å². The highest BCUT2D eigenvalue weighted by atomic mass is 35.5. The van der Waals surface area contributed by atoms with Crippen LogP contribution in [-0.2, 0) is 4.79 Å². The van der Waals surface area contributed by atoms with Crippen molar-refractivity contribution in [2.45, 2.75) is 26.7 Å². The third-order valence-corrected chi connectivity index (χ3v) is 5.25. The van der Waals surface area contributed by atoms with Crippen molar-refractivity contribution in [2.75, 3.05) is 18.4 Å². The van der Waals surface area contributed by atoms with Crippen LogP contribution in [-0.4, -0.2) is 29.8 Å². The zero-order valence-electron chi connectivity index (χ0n) is 15.1. The van der Waals surface area contributed by atoms with Crippen molar-refractivity contribution in [2.24, 2.45) is 5.92 Å². The van der Waals surface area contributed by atoms with Crippen LogP contribution in [0.1, 0.15) is 34.3 Å². The maximum Gasteiger partial charge on any atom is 0.253 e. The second kappa shape index (κ2) is 7.92. The minimum absolute atomic E-state index is 0.0257. The number of nitrogens with zero attached hydrogens (tertiary/aromatic N) is 1. The van der Waals surface area contributed by atoms with E-state index in [4.69, 9.17) is 11.6 Å². The van der Waals surface area contributed by atoms with Crippen LogP contribution in [0.3, 0.4) is 0 Å². The number of halogens is 1. The summed E-state index contributed by atoms with van der Waals surface area (Å²) in [5.74, 6) is -0.300.